The van der Waals surface area contributed by atoms with Gasteiger partial charge < -0.3 is 5.73 Å². The Morgan fingerprint density at radius 2 is 2.00 bits per heavy atom. The Balaban J connectivity index is 2.18. The summed E-state index contributed by atoms with van der Waals surface area (Å²) < 4.78 is 1.17. The molecule has 0 radical (unpaired) electrons. The third kappa shape index (κ3) is 3.66. The summed E-state index contributed by atoms with van der Waals surface area (Å²) in [5.41, 5.74) is 7.34. The van der Waals surface area contributed by atoms with Crippen LogP contribution >= 0.6 is 27.3 Å². The second-order valence-electron chi connectivity index (χ2n) is 4.43. The van der Waals surface area contributed by atoms with Gasteiger partial charge in [-0.1, -0.05) is 37.3 Å². The first kappa shape index (κ1) is 14.7. The van der Waals surface area contributed by atoms with E-state index >= 15 is 0 Å². The highest BCUT2D eigenvalue weighted by atomic mass is 79.9. The summed E-state index contributed by atoms with van der Waals surface area (Å²) in [5, 5.41) is 2.11. The van der Waals surface area contributed by atoms with Gasteiger partial charge in [0.25, 0.3) is 0 Å². The molecule has 0 aliphatic carbocycles. The summed E-state index contributed by atoms with van der Waals surface area (Å²) in [6.07, 6.45) is 0. The normalized spacial score (nSPS) is 12.8. The zero-order valence-corrected chi connectivity index (χ0v) is 13.5. The van der Waals surface area contributed by atoms with Crippen LogP contribution in [-0.2, 0) is 6.54 Å². The zero-order chi connectivity index (χ0) is 13.7. The van der Waals surface area contributed by atoms with Crippen molar-refractivity contribution in [3.05, 3.63) is 56.7 Å². The Morgan fingerprint density at radius 3 is 2.53 bits per heavy atom. The lowest BCUT2D eigenvalue weighted by Crippen LogP contribution is -2.33. The molecule has 0 amide bonds. The van der Waals surface area contributed by atoms with Crippen LogP contribution in [0.1, 0.15) is 23.4 Å². The molecule has 0 fully saturated rings. The van der Waals surface area contributed by atoms with Gasteiger partial charge in [0.15, 0.2) is 0 Å². The number of hydrogen-bond acceptors (Lipinski definition) is 3. The van der Waals surface area contributed by atoms with Crippen LogP contribution in [0, 0.1) is 0 Å². The van der Waals surface area contributed by atoms with Gasteiger partial charge in [0, 0.05) is 22.4 Å². The van der Waals surface area contributed by atoms with Crippen molar-refractivity contribution in [1.82, 2.24) is 4.90 Å². The highest BCUT2D eigenvalue weighted by molar-refractivity contribution is 9.10. The van der Waals surface area contributed by atoms with E-state index < -0.39 is 0 Å². The second kappa shape index (κ2) is 7.20. The van der Waals surface area contributed by atoms with Crippen LogP contribution in [0.2, 0.25) is 0 Å². The van der Waals surface area contributed by atoms with Crippen molar-refractivity contribution in [3.63, 3.8) is 0 Å². The van der Waals surface area contributed by atoms with Crippen LogP contribution in [0.15, 0.2) is 46.3 Å². The SMILES string of the molecule is CCN(Cc1ccccc1)C(CN)c1sccc1Br. The predicted octanol–water partition coefficient (Wildman–Crippen LogP) is 4.03. The number of nitrogens with zero attached hydrogens (tertiary/aromatic N) is 1. The van der Waals surface area contributed by atoms with E-state index in [1.165, 1.54) is 14.9 Å². The van der Waals surface area contributed by atoms with E-state index in [1.54, 1.807) is 11.3 Å². The summed E-state index contributed by atoms with van der Waals surface area (Å²) >= 11 is 5.39. The molecule has 1 unspecified atom stereocenters. The molecule has 1 aromatic carbocycles. The first-order valence-electron chi connectivity index (χ1n) is 6.47. The molecule has 0 aliphatic rings. The van der Waals surface area contributed by atoms with Crippen LogP contribution in [0.3, 0.4) is 0 Å². The number of thiophene rings is 1. The van der Waals surface area contributed by atoms with Crippen LogP contribution in [0.5, 0.6) is 0 Å². The molecule has 0 saturated heterocycles. The molecule has 2 N–H and O–H groups in total. The molecular weight excluding hydrogens is 320 g/mol. The fourth-order valence-electron chi connectivity index (χ4n) is 2.23. The topological polar surface area (TPSA) is 29.3 Å². The van der Waals surface area contributed by atoms with E-state index in [1.807, 2.05) is 0 Å². The average molecular weight is 339 g/mol. The van der Waals surface area contributed by atoms with Gasteiger partial charge >= 0.3 is 0 Å². The van der Waals surface area contributed by atoms with Crippen molar-refractivity contribution in [2.45, 2.75) is 19.5 Å². The van der Waals surface area contributed by atoms with E-state index in [0.717, 1.165) is 13.1 Å². The highest BCUT2D eigenvalue weighted by Crippen LogP contribution is 2.32. The molecule has 4 heteroatoms. The first-order chi connectivity index (χ1) is 9.26. The van der Waals surface area contributed by atoms with Crippen molar-refractivity contribution in [2.75, 3.05) is 13.1 Å². The minimum absolute atomic E-state index is 0.277. The van der Waals surface area contributed by atoms with E-state index in [4.69, 9.17) is 5.73 Å². The molecule has 102 valence electrons. The van der Waals surface area contributed by atoms with Crippen molar-refractivity contribution >= 4 is 27.3 Å². The van der Waals surface area contributed by atoms with Crippen molar-refractivity contribution in [1.29, 1.82) is 0 Å². The molecular formula is C15H19BrN2S. The van der Waals surface area contributed by atoms with Crippen LogP contribution in [0.4, 0.5) is 0 Å². The van der Waals surface area contributed by atoms with Gasteiger partial charge in [0.1, 0.15) is 0 Å². The van der Waals surface area contributed by atoms with Gasteiger partial charge in [-0.2, -0.15) is 0 Å². The number of nitrogens with two attached hydrogens (primary N) is 1. The van der Waals surface area contributed by atoms with Gasteiger partial charge in [0.2, 0.25) is 0 Å². The largest absolute Gasteiger partial charge is 0.329 e. The van der Waals surface area contributed by atoms with Gasteiger partial charge in [-0.3, -0.25) is 4.90 Å². The van der Waals surface area contributed by atoms with Gasteiger partial charge in [-0.25, -0.2) is 0 Å². The van der Waals surface area contributed by atoms with E-state index in [9.17, 15) is 0 Å². The van der Waals surface area contributed by atoms with Gasteiger partial charge in [0.05, 0.1) is 6.04 Å². The molecule has 2 rings (SSSR count). The molecule has 1 heterocycles. The number of halogens is 1. The van der Waals surface area contributed by atoms with Crippen LogP contribution in [0.25, 0.3) is 0 Å². The Morgan fingerprint density at radius 1 is 1.26 bits per heavy atom. The van der Waals surface area contributed by atoms with Crippen molar-refractivity contribution in [3.8, 4) is 0 Å². The Kier molecular flexibility index (Phi) is 5.58. The summed E-state index contributed by atoms with van der Waals surface area (Å²) in [4.78, 5) is 3.74. The van der Waals surface area contributed by atoms with E-state index in [-0.39, 0.29) is 6.04 Å². The van der Waals surface area contributed by atoms with Crippen molar-refractivity contribution < 1.29 is 0 Å². The Hall–Kier alpha value is -0.680. The van der Waals surface area contributed by atoms with Gasteiger partial charge in [-0.05, 0) is 39.5 Å². The van der Waals surface area contributed by atoms with Crippen LogP contribution in [-0.4, -0.2) is 18.0 Å². The third-order valence-electron chi connectivity index (χ3n) is 3.25. The maximum Gasteiger partial charge on any atom is 0.0578 e. The smallest absolute Gasteiger partial charge is 0.0578 e. The van der Waals surface area contributed by atoms with E-state index in [0.29, 0.717) is 6.54 Å². The molecule has 2 aromatic rings. The summed E-state index contributed by atoms with van der Waals surface area (Å²) in [5.74, 6) is 0. The lowest BCUT2D eigenvalue weighted by Gasteiger charge is -2.29. The monoisotopic (exact) mass is 338 g/mol. The standard InChI is InChI=1S/C15H19BrN2S/c1-2-18(11-12-6-4-3-5-7-12)14(10-17)15-13(16)8-9-19-15/h3-9,14H,2,10-11,17H2,1H3. The zero-order valence-electron chi connectivity index (χ0n) is 11.1. The first-order valence-corrected chi connectivity index (χ1v) is 8.14. The maximum atomic E-state index is 6.01. The Labute approximate surface area is 127 Å². The van der Waals surface area contributed by atoms with Gasteiger partial charge in [-0.15, -0.1) is 11.3 Å². The quantitative estimate of drug-likeness (QED) is 0.861. The van der Waals surface area contributed by atoms with Crippen molar-refractivity contribution in [2.24, 2.45) is 5.73 Å². The summed E-state index contributed by atoms with van der Waals surface area (Å²) in [7, 11) is 0. The fourth-order valence-corrected chi connectivity index (χ4v) is 4.01. The third-order valence-corrected chi connectivity index (χ3v) is 5.22. The molecule has 0 aliphatic heterocycles. The molecule has 0 bridgehead atoms. The molecule has 1 aromatic heterocycles. The fraction of sp³-hybridized carbons (Fsp3) is 0.333. The lowest BCUT2D eigenvalue weighted by molar-refractivity contribution is 0.206. The predicted molar refractivity (Wildman–Crippen MR) is 86.3 cm³/mol. The summed E-state index contributed by atoms with van der Waals surface area (Å²) in [6.45, 7) is 4.75. The van der Waals surface area contributed by atoms with Crippen LogP contribution < -0.4 is 5.73 Å². The number of rotatable bonds is 6. The molecule has 1 atom stereocenters. The molecule has 0 saturated carbocycles. The average Bonchev–Trinajstić information content (AvgIpc) is 2.86. The minimum Gasteiger partial charge on any atom is -0.329 e. The molecule has 0 spiro atoms. The number of likely N-dealkylation sites (N-methyl/N-ethyl adjacent to an activating group) is 1. The summed E-state index contributed by atoms with van der Waals surface area (Å²) in [6, 6.07) is 12.9. The van der Waals surface area contributed by atoms with E-state index in [2.05, 4.69) is 69.5 Å². The molecule has 2 nitrogen and oxygen atoms in total. The highest BCUT2D eigenvalue weighted by Gasteiger charge is 2.21. The lowest BCUT2D eigenvalue weighted by atomic mass is 10.1. The number of hydrogen-bond donors (Lipinski definition) is 1. The number of benzene rings is 1. The maximum absolute atomic E-state index is 6.01. The second-order valence-corrected chi connectivity index (χ2v) is 6.24. The minimum atomic E-state index is 0.277. The Bertz CT molecular complexity index is 498. The molecule has 19 heavy (non-hydrogen) atoms.